The van der Waals surface area contributed by atoms with E-state index in [2.05, 4.69) is 20.4 Å². The molecule has 0 aliphatic rings. The first-order valence-electron chi connectivity index (χ1n) is 6.11. The van der Waals surface area contributed by atoms with Crippen molar-refractivity contribution in [1.29, 1.82) is 0 Å². The number of thiazole rings is 1. The maximum Gasteiger partial charge on any atom is 0.434 e. The summed E-state index contributed by atoms with van der Waals surface area (Å²) in [5, 5.41) is 11.1. The molecule has 0 amide bonds. The number of halogens is 3. The Kier molecular flexibility index (Phi) is 4.52. The van der Waals surface area contributed by atoms with Gasteiger partial charge in [-0.2, -0.15) is 18.0 Å². The van der Waals surface area contributed by atoms with E-state index < -0.39 is 33.2 Å². The van der Waals surface area contributed by atoms with Gasteiger partial charge in [-0.05, 0) is 19.1 Å². The molecule has 0 N–H and O–H groups in total. The quantitative estimate of drug-likeness (QED) is 0.809. The summed E-state index contributed by atoms with van der Waals surface area (Å²) in [6.07, 6.45) is -4.68. The highest BCUT2D eigenvalue weighted by atomic mass is 32.2. The van der Waals surface area contributed by atoms with Gasteiger partial charge < -0.3 is 0 Å². The third-order valence-electron chi connectivity index (χ3n) is 2.55. The van der Waals surface area contributed by atoms with Crippen LogP contribution in [-0.2, 0) is 34.1 Å². The first-order chi connectivity index (χ1) is 10.1. The maximum atomic E-state index is 12.8. The molecule has 2 aromatic heterocycles. The van der Waals surface area contributed by atoms with Crippen molar-refractivity contribution in [3.8, 4) is 0 Å². The Balaban J connectivity index is 2.22. The highest BCUT2D eigenvalue weighted by molar-refractivity contribution is 7.89. The van der Waals surface area contributed by atoms with Crippen molar-refractivity contribution in [2.75, 3.05) is 0 Å². The van der Waals surface area contributed by atoms with E-state index in [-0.39, 0.29) is 15.7 Å². The van der Waals surface area contributed by atoms with Gasteiger partial charge in [-0.1, -0.05) is 0 Å². The second kappa shape index (κ2) is 5.91. The highest BCUT2D eigenvalue weighted by Gasteiger charge is 2.38. The first kappa shape index (κ1) is 16.8. The number of nitrogens with zero attached hydrogens (tertiary/aromatic N) is 5. The fourth-order valence-electron chi connectivity index (χ4n) is 1.70. The average Bonchev–Trinajstić information content (AvgIpc) is 2.94. The van der Waals surface area contributed by atoms with Crippen LogP contribution in [0.3, 0.4) is 0 Å². The summed E-state index contributed by atoms with van der Waals surface area (Å²) in [5.74, 6) is -1.37. The lowest BCUT2D eigenvalue weighted by Crippen LogP contribution is -2.13. The number of hydrogen-bond donors (Lipinski definition) is 0. The zero-order valence-corrected chi connectivity index (χ0v) is 13.3. The van der Waals surface area contributed by atoms with Crippen LogP contribution in [0.15, 0.2) is 0 Å². The Morgan fingerprint density at radius 2 is 1.95 bits per heavy atom. The van der Waals surface area contributed by atoms with Crippen LogP contribution < -0.4 is 0 Å². The molecular formula is C10H12F3N5O2S2. The second-order valence-corrected chi connectivity index (χ2v) is 7.78. The van der Waals surface area contributed by atoms with Crippen LogP contribution in [0.5, 0.6) is 0 Å². The minimum absolute atomic E-state index is 0.0448. The Labute approximate surface area is 128 Å². The molecule has 7 nitrogen and oxygen atoms in total. The van der Waals surface area contributed by atoms with E-state index >= 15 is 0 Å². The van der Waals surface area contributed by atoms with Crippen LogP contribution in [0.4, 0.5) is 13.2 Å². The Bertz CT molecular complexity index is 766. The van der Waals surface area contributed by atoms with E-state index in [0.717, 1.165) is 0 Å². The molecule has 12 heteroatoms. The molecular weight excluding hydrogens is 343 g/mol. The number of alkyl halides is 3. The van der Waals surface area contributed by atoms with E-state index in [0.29, 0.717) is 17.9 Å². The van der Waals surface area contributed by atoms with Gasteiger partial charge in [0.1, 0.15) is 5.75 Å². The van der Waals surface area contributed by atoms with Crippen LogP contribution in [0.1, 0.15) is 28.3 Å². The summed E-state index contributed by atoms with van der Waals surface area (Å²) >= 11 is 0.716. The number of aromatic nitrogens is 5. The minimum atomic E-state index is -4.68. The van der Waals surface area contributed by atoms with Crippen LogP contribution >= 0.6 is 11.3 Å². The third kappa shape index (κ3) is 4.00. The van der Waals surface area contributed by atoms with Crippen molar-refractivity contribution in [2.45, 2.75) is 38.1 Å². The Morgan fingerprint density at radius 1 is 1.27 bits per heavy atom. The van der Waals surface area contributed by atoms with Gasteiger partial charge in [-0.15, -0.1) is 21.5 Å². The summed E-state index contributed by atoms with van der Waals surface area (Å²) in [6.45, 7) is 3.55. The van der Waals surface area contributed by atoms with Crippen molar-refractivity contribution < 1.29 is 21.6 Å². The fourth-order valence-corrected chi connectivity index (χ4v) is 4.38. The molecule has 122 valence electrons. The smallest absolute Gasteiger partial charge is 0.237 e. The number of hydrogen-bond acceptors (Lipinski definition) is 7. The molecule has 0 saturated carbocycles. The van der Waals surface area contributed by atoms with Gasteiger partial charge in [0.15, 0.2) is 21.4 Å². The third-order valence-corrected chi connectivity index (χ3v) is 5.13. The van der Waals surface area contributed by atoms with Crippen molar-refractivity contribution in [3.05, 3.63) is 21.4 Å². The summed E-state index contributed by atoms with van der Waals surface area (Å²) < 4.78 is 62.6. The van der Waals surface area contributed by atoms with E-state index in [1.54, 1.807) is 6.92 Å². The zero-order valence-electron chi connectivity index (χ0n) is 11.6. The van der Waals surface area contributed by atoms with Crippen LogP contribution in [0.2, 0.25) is 0 Å². The summed E-state index contributed by atoms with van der Waals surface area (Å²) in [5.41, 5.74) is -1.15. The van der Waals surface area contributed by atoms with Crippen molar-refractivity contribution >= 4 is 21.2 Å². The summed E-state index contributed by atoms with van der Waals surface area (Å²) in [7, 11) is -3.86. The second-order valence-electron chi connectivity index (χ2n) is 4.43. The largest absolute Gasteiger partial charge is 0.434 e. The molecule has 0 fully saturated rings. The highest BCUT2D eigenvalue weighted by Crippen LogP contribution is 2.35. The lowest BCUT2D eigenvalue weighted by molar-refractivity contribution is -0.141. The number of aryl methyl sites for hydroxylation is 2. The predicted molar refractivity (Wildman–Crippen MR) is 71.7 cm³/mol. The number of tetrazole rings is 1. The lowest BCUT2D eigenvalue weighted by atomic mass is 10.4. The fraction of sp³-hybridized carbons (Fsp3) is 0.600. The predicted octanol–water partition coefficient (Wildman–Crippen LogP) is 1.59. The molecule has 2 aromatic rings. The average molecular weight is 355 g/mol. The molecule has 0 aromatic carbocycles. The van der Waals surface area contributed by atoms with Crippen molar-refractivity contribution in [1.82, 2.24) is 25.2 Å². The van der Waals surface area contributed by atoms with Crippen LogP contribution in [0, 0.1) is 6.92 Å². The number of rotatable bonds is 5. The zero-order chi connectivity index (χ0) is 16.5. The standard InChI is InChI=1S/C10H12F3N5O2S2/c1-3-18-16-8(15-17-18)5-22(19,20)4-7-9(10(11,12)13)14-6(2)21-7/h3-5H2,1-2H3. The van der Waals surface area contributed by atoms with Gasteiger partial charge in [0.25, 0.3) is 0 Å². The molecule has 0 radical (unpaired) electrons. The normalized spacial score (nSPS) is 12.8. The SMILES string of the molecule is CCn1nnc(CS(=O)(=O)Cc2sc(C)nc2C(F)(F)F)n1. The maximum absolute atomic E-state index is 12.8. The first-order valence-corrected chi connectivity index (χ1v) is 8.75. The van der Waals surface area contributed by atoms with Gasteiger partial charge in [-0.3, -0.25) is 0 Å². The van der Waals surface area contributed by atoms with E-state index in [9.17, 15) is 21.6 Å². The van der Waals surface area contributed by atoms with Gasteiger partial charge in [0, 0.05) is 0 Å². The van der Waals surface area contributed by atoms with E-state index in [1.165, 1.54) is 11.7 Å². The molecule has 2 rings (SSSR count). The van der Waals surface area contributed by atoms with Crippen molar-refractivity contribution in [3.63, 3.8) is 0 Å². The molecule has 0 unspecified atom stereocenters. The van der Waals surface area contributed by atoms with Gasteiger partial charge in [0.2, 0.25) is 0 Å². The molecule has 22 heavy (non-hydrogen) atoms. The van der Waals surface area contributed by atoms with E-state index in [1.807, 2.05) is 0 Å². The van der Waals surface area contributed by atoms with E-state index in [4.69, 9.17) is 0 Å². The van der Waals surface area contributed by atoms with Crippen LogP contribution in [-0.4, -0.2) is 33.6 Å². The monoisotopic (exact) mass is 355 g/mol. The van der Waals surface area contributed by atoms with Gasteiger partial charge in [-0.25, -0.2) is 13.4 Å². The molecule has 0 atom stereocenters. The lowest BCUT2D eigenvalue weighted by Gasteiger charge is -2.06. The molecule has 0 spiro atoms. The Morgan fingerprint density at radius 3 is 2.50 bits per heavy atom. The molecule has 0 aliphatic heterocycles. The summed E-state index contributed by atoms with van der Waals surface area (Å²) in [6, 6.07) is 0. The summed E-state index contributed by atoms with van der Waals surface area (Å²) in [4.78, 5) is 4.24. The minimum Gasteiger partial charge on any atom is -0.237 e. The van der Waals surface area contributed by atoms with Crippen molar-refractivity contribution in [2.24, 2.45) is 0 Å². The van der Waals surface area contributed by atoms with Gasteiger partial charge >= 0.3 is 6.18 Å². The molecule has 2 heterocycles. The molecule has 0 bridgehead atoms. The molecule has 0 saturated heterocycles. The Hall–Kier alpha value is -1.56. The molecule has 0 aliphatic carbocycles. The topological polar surface area (TPSA) is 90.6 Å². The number of sulfone groups is 1. The van der Waals surface area contributed by atoms with Crippen LogP contribution in [0.25, 0.3) is 0 Å². The van der Waals surface area contributed by atoms with Gasteiger partial charge in [0.05, 0.1) is 22.2 Å².